The number of nitrogens with one attached hydrogen (secondary N) is 1. The maximum atomic E-state index is 13.2. The van der Waals surface area contributed by atoms with Gasteiger partial charge in [0.1, 0.15) is 11.4 Å². The number of carbonyl (C=O) groups excluding carboxylic acids is 1. The molecule has 0 aliphatic carbocycles. The molecule has 2 aromatic rings. The van der Waals surface area contributed by atoms with E-state index in [1.54, 1.807) is 0 Å². The fourth-order valence-corrected chi connectivity index (χ4v) is 4.24. The lowest BCUT2D eigenvalue weighted by Crippen LogP contribution is -2.43. The van der Waals surface area contributed by atoms with Crippen molar-refractivity contribution in [2.45, 2.75) is 6.92 Å². The molecule has 0 spiro atoms. The summed E-state index contributed by atoms with van der Waals surface area (Å²) < 4.78 is 11.0. The topological polar surface area (TPSA) is 63.2 Å². The van der Waals surface area contributed by atoms with Crippen LogP contribution >= 0.6 is 11.8 Å². The summed E-state index contributed by atoms with van der Waals surface area (Å²) in [6, 6.07) is 19.8. The van der Waals surface area contributed by atoms with E-state index in [-0.39, 0.29) is 5.97 Å². The van der Waals surface area contributed by atoms with Crippen LogP contribution in [0, 0.1) is 0 Å². The number of benzene rings is 2. The average Bonchev–Trinajstić information content (AvgIpc) is 3.01. The molecule has 160 valence electrons. The Labute approximate surface area is 186 Å². The number of morpholine rings is 1. The molecule has 2 aliphatic rings. The lowest BCUT2D eigenvalue weighted by atomic mass is 10.1. The van der Waals surface area contributed by atoms with Crippen molar-refractivity contribution in [3.05, 3.63) is 82.2 Å². The summed E-state index contributed by atoms with van der Waals surface area (Å²) in [4.78, 5) is 20.2. The van der Waals surface area contributed by atoms with Gasteiger partial charge < -0.3 is 19.7 Å². The molecule has 0 amide bonds. The summed E-state index contributed by atoms with van der Waals surface area (Å²) >= 11 is 1.44. The molecule has 0 saturated carbocycles. The Kier molecular flexibility index (Phi) is 7.07. The molecule has 7 heteroatoms. The van der Waals surface area contributed by atoms with Crippen molar-refractivity contribution in [1.29, 1.82) is 0 Å². The van der Waals surface area contributed by atoms with Crippen LogP contribution in [0.2, 0.25) is 0 Å². The van der Waals surface area contributed by atoms with Crippen molar-refractivity contribution >= 4 is 35.0 Å². The summed E-state index contributed by atoms with van der Waals surface area (Å²) in [7, 11) is 0. The molecule has 0 aromatic heterocycles. The molecular weight excluding hydrogens is 410 g/mol. The zero-order valence-corrected chi connectivity index (χ0v) is 18.2. The first kappa shape index (κ1) is 21.2. The minimum Gasteiger partial charge on any atom is -0.462 e. The number of thioether (sulfide) groups is 1. The molecule has 31 heavy (non-hydrogen) atoms. The van der Waals surface area contributed by atoms with Crippen LogP contribution in [0.4, 0.5) is 5.69 Å². The van der Waals surface area contributed by atoms with E-state index in [2.05, 4.69) is 10.2 Å². The highest BCUT2D eigenvalue weighted by molar-refractivity contribution is 8.06. The van der Waals surface area contributed by atoms with Crippen molar-refractivity contribution in [2.75, 3.05) is 38.2 Å². The number of para-hydroxylation sites is 1. The zero-order chi connectivity index (χ0) is 21.5. The van der Waals surface area contributed by atoms with Gasteiger partial charge in [-0.05, 0) is 19.1 Å². The number of esters is 1. The molecule has 1 saturated heterocycles. The molecule has 0 unspecified atom stereocenters. The molecule has 1 N–H and O–H groups in total. The molecule has 2 aliphatic heterocycles. The van der Waals surface area contributed by atoms with Crippen LogP contribution in [0.25, 0.3) is 5.70 Å². The van der Waals surface area contributed by atoms with Crippen molar-refractivity contribution < 1.29 is 14.3 Å². The predicted octanol–water partition coefficient (Wildman–Crippen LogP) is 4.35. The number of aliphatic imine (C=N–C) groups is 1. The van der Waals surface area contributed by atoms with E-state index in [4.69, 9.17) is 14.5 Å². The van der Waals surface area contributed by atoms with Crippen LogP contribution in [0.3, 0.4) is 0 Å². The Morgan fingerprint density at radius 3 is 2.45 bits per heavy atom. The molecule has 2 aromatic carbocycles. The Morgan fingerprint density at radius 2 is 1.77 bits per heavy atom. The molecule has 0 bridgehead atoms. The van der Waals surface area contributed by atoms with Crippen LogP contribution < -0.4 is 5.32 Å². The second kappa shape index (κ2) is 10.3. The first-order chi connectivity index (χ1) is 15.3. The first-order valence-corrected chi connectivity index (χ1v) is 11.2. The number of hydrogen-bond donors (Lipinski definition) is 1. The van der Waals surface area contributed by atoms with Gasteiger partial charge in [-0.1, -0.05) is 60.3 Å². The number of rotatable bonds is 5. The van der Waals surface area contributed by atoms with E-state index in [0.29, 0.717) is 49.3 Å². The van der Waals surface area contributed by atoms with Gasteiger partial charge in [0.15, 0.2) is 0 Å². The zero-order valence-electron chi connectivity index (χ0n) is 17.4. The van der Waals surface area contributed by atoms with Gasteiger partial charge in [0.05, 0.1) is 30.5 Å². The second-order valence-corrected chi connectivity index (χ2v) is 7.82. The lowest BCUT2D eigenvalue weighted by Gasteiger charge is -2.31. The fraction of sp³-hybridized carbons (Fsp3) is 0.250. The fourth-order valence-electron chi connectivity index (χ4n) is 3.35. The van der Waals surface area contributed by atoms with Gasteiger partial charge >= 0.3 is 5.97 Å². The molecule has 2 heterocycles. The van der Waals surface area contributed by atoms with E-state index in [1.165, 1.54) is 11.8 Å². The Balaban J connectivity index is 1.82. The van der Waals surface area contributed by atoms with E-state index < -0.39 is 0 Å². The first-order valence-electron chi connectivity index (χ1n) is 10.3. The SMILES string of the molecule is CCOC(=O)C1=C(Nc2ccccc2)SC=C(c2ccccc2)N=C1N1CCOCC1. The summed E-state index contributed by atoms with van der Waals surface area (Å²) in [5.74, 6) is 0.224. The number of hydrogen-bond acceptors (Lipinski definition) is 7. The summed E-state index contributed by atoms with van der Waals surface area (Å²) in [6.07, 6.45) is 0. The highest BCUT2D eigenvalue weighted by Crippen LogP contribution is 2.34. The van der Waals surface area contributed by atoms with Crippen molar-refractivity contribution in [3.8, 4) is 0 Å². The Bertz CT molecular complexity index is 997. The van der Waals surface area contributed by atoms with Crippen molar-refractivity contribution in [1.82, 2.24) is 4.90 Å². The Hall–Kier alpha value is -3.03. The van der Waals surface area contributed by atoms with Gasteiger partial charge in [-0.15, -0.1) is 0 Å². The highest BCUT2D eigenvalue weighted by Gasteiger charge is 2.30. The lowest BCUT2D eigenvalue weighted by molar-refractivity contribution is -0.138. The third-order valence-electron chi connectivity index (χ3n) is 4.86. The second-order valence-electron chi connectivity index (χ2n) is 6.94. The molecule has 6 nitrogen and oxygen atoms in total. The summed E-state index contributed by atoms with van der Waals surface area (Å²) in [6.45, 7) is 4.61. The smallest absolute Gasteiger partial charge is 0.344 e. The van der Waals surface area contributed by atoms with Gasteiger partial charge in [-0.3, -0.25) is 0 Å². The van der Waals surface area contributed by atoms with Crippen LogP contribution in [-0.2, 0) is 14.3 Å². The number of nitrogens with zero attached hydrogens (tertiary/aromatic N) is 2. The third kappa shape index (κ3) is 5.18. The minimum atomic E-state index is -0.388. The number of anilines is 1. The largest absolute Gasteiger partial charge is 0.462 e. The Morgan fingerprint density at radius 1 is 1.10 bits per heavy atom. The van der Waals surface area contributed by atoms with Crippen molar-refractivity contribution in [3.63, 3.8) is 0 Å². The van der Waals surface area contributed by atoms with E-state index >= 15 is 0 Å². The normalized spacial score (nSPS) is 16.9. The van der Waals surface area contributed by atoms with Crippen LogP contribution in [0.5, 0.6) is 0 Å². The third-order valence-corrected chi connectivity index (χ3v) is 5.74. The van der Waals surface area contributed by atoms with E-state index in [0.717, 1.165) is 16.9 Å². The maximum Gasteiger partial charge on any atom is 0.344 e. The summed E-state index contributed by atoms with van der Waals surface area (Å²) in [5, 5.41) is 6.08. The molecule has 0 radical (unpaired) electrons. The standard InChI is InChI=1S/C24H25N3O3S/c1-2-30-24(28)21-22(27-13-15-29-16-14-27)26-20(18-9-5-3-6-10-18)17-31-23(21)25-19-11-7-4-8-12-19/h3-12,17,25H,2,13-16H2,1H3. The molecule has 0 atom stereocenters. The van der Waals surface area contributed by atoms with Gasteiger partial charge in [-0.2, -0.15) is 0 Å². The monoisotopic (exact) mass is 435 g/mol. The quantitative estimate of drug-likeness (QED) is 0.705. The molecular formula is C24H25N3O3S. The number of ether oxygens (including phenoxy) is 2. The minimum absolute atomic E-state index is 0.293. The van der Waals surface area contributed by atoms with Gasteiger partial charge in [-0.25, -0.2) is 9.79 Å². The number of carbonyl (C=O) groups is 1. The van der Waals surface area contributed by atoms with Gasteiger partial charge in [0.2, 0.25) is 0 Å². The summed E-state index contributed by atoms with van der Waals surface area (Å²) in [5.41, 5.74) is 3.13. The van der Waals surface area contributed by atoms with E-state index in [1.807, 2.05) is 73.0 Å². The highest BCUT2D eigenvalue weighted by atomic mass is 32.2. The van der Waals surface area contributed by atoms with Crippen molar-refractivity contribution in [2.24, 2.45) is 4.99 Å². The van der Waals surface area contributed by atoms with E-state index in [9.17, 15) is 4.79 Å². The van der Waals surface area contributed by atoms with Crippen LogP contribution in [0.1, 0.15) is 12.5 Å². The van der Waals surface area contributed by atoms with Gasteiger partial charge in [0, 0.05) is 29.7 Å². The average molecular weight is 436 g/mol. The van der Waals surface area contributed by atoms with Crippen LogP contribution in [0.15, 0.2) is 81.7 Å². The number of amidine groups is 1. The molecule has 1 fully saturated rings. The van der Waals surface area contributed by atoms with Gasteiger partial charge in [0.25, 0.3) is 0 Å². The molecule has 4 rings (SSSR count). The predicted molar refractivity (Wildman–Crippen MR) is 126 cm³/mol. The van der Waals surface area contributed by atoms with Crippen LogP contribution in [-0.4, -0.2) is 49.6 Å². The maximum absolute atomic E-state index is 13.2.